The van der Waals surface area contributed by atoms with Gasteiger partial charge in [0, 0.05) is 10.0 Å². The molecule has 2 aromatic heterocycles. The van der Waals surface area contributed by atoms with Gasteiger partial charge in [0.2, 0.25) is 5.82 Å². The second-order valence-corrected chi connectivity index (χ2v) is 9.62. The Morgan fingerprint density at radius 1 is 1.06 bits per heavy atom. The summed E-state index contributed by atoms with van der Waals surface area (Å²) in [6, 6.07) is 21.0. The summed E-state index contributed by atoms with van der Waals surface area (Å²) in [5, 5.41) is 4.85. The number of carbonyl (C=O) groups excluding carboxylic acids is 1. The Balaban J connectivity index is 1.60. The number of aromatic nitrogens is 2. The number of esters is 1. The van der Waals surface area contributed by atoms with Crippen LogP contribution in [0, 0.1) is 6.92 Å². The van der Waals surface area contributed by atoms with Crippen molar-refractivity contribution in [1.82, 2.24) is 9.66 Å². The molecule has 0 saturated carbocycles. The summed E-state index contributed by atoms with van der Waals surface area (Å²) in [4.78, 5) is 30.8. The Kier molecular flexibility index (Phi) is 6.67. The van der Waals surface area contributed by atoms with Crippen LogP contribution in [0.1, 0.15) is 21.5 Å². The molecule has 36 heavy (non-hydrogen) atoms. The second-order valence-electron chi connectivity index (χ2n) is 7.85. The molecule has 0 aliphatic heterocycles. The van der Waals surface area contributed by atoms with Crippen molar-refractivity contribution >= 4 is 54.9 Å². The molecule has 9 heteroatoms. The number of ether oxygens (including phenoxy) is 1. The van der Waals surface area contributed by atoms with E-state index in [4.69, 9.17) is 9.15 Å². The van der Waals surface area contributed by atoms with Crippen LogP contribution in [0.4, 0.5) is 0 Å². The average molecular weight is 607 g/mol. The maximum atomic E-state index is 13.3. The normalized spacial score (nSPS) is 11.3. The Morgan fingerprint density at radius 3 is 2.58 bits per heavy atom. The molecule has 0 amide bonds. The van der Waals surface area contributed by atoms with E-state index in [9.17, 15) is 9.59 Å². The van der Waals surface area contributed by atoms with Gasteiger partial charge in [0.25, 0.3) is 5.56 Å². The van der Waals surface area contributed by atoms with Gasteiger partial charge in [-0.1, -0.05) is 45.8 Å². The van der Waals surface area contributed by atoms with E-state index in [0.29, 0.717) is 32.3 Å². The lowest BCUT2D eigenvalue weighted by molar-refractivity contribution is 0.0733. The van der Waals surface area contributed by atoms with Crippen LogP contribution < -0.4 is 10.3 Å². The molecule has 0 unspecified atom stereocenters. The van der Waals surface area contributed by atoms with Gasteiger partial charge < -0.3 is 9.15 Å². The quantitative estimate of drug-likeness (QED) is 0.128. The molecular weight excluding hydrogens is 590 g/mol. The van der Waals surface area contributed by atoms with E-state index in [0.717, 1.165) is 10.0 Å². The van der Waals surface area contributed by atoms with Gasteiger partial charge in [0.05, 0.1) is 33.4 Å². The molecule has 7 nitrogen and oxygen atoms in total. The third-order valence-corrected chi connectivity index (χ3v) is 6.37. The summed E-state index contributed by atoms with van der Waals surface area (Å²) >= 11 is 6.92. The van der Waals surface area contributed by atoms with Gasteiger partial charge >= 0.3 is 5.97 Å². The second kappa shape index (κ2) is 10.0. The zero-order valence-electron chi connectivity index (χ0n) is 18.8. The highest BCUT2D eigenvalue weighted by molar-refractivity contribution is 9.11. The van der Waals surface area contributed by atoms with Crippen LogP contribution in [0.3, 0.4) is 0 Å². The van der Waals surface area contributed by atoms with Crippen LogP contribution >= 0.6 is 31.9 Å². The number of furan rings is 1. The summed E-state index contributed by atoms with van der Waals surface area (Å²) in [6.07, 6.45) is 2.94. The van der Waals surface area contributed by atoms with Crippen molar-refractivity contribution in [2.45, 2.75) is 6.92 Å². The highest BCUT2D eigenvalue weighted by Gasteiger charge is 2.17. The van der Waals surface area contributed by atoms with E-state index >= 15 is 0 Å². The van der Waals surface area contributed by atoms with E-state index in [1.54, 1.807) is 54.6 Å². The third-order valence-electron chi connectivity index (χ3n) is 5.33. The Hall–Kier alpha value is -3.82. The molecule has 178 valence electrons. The molecule has 0 fully saturated rings. The number of halogens is 2. The van der Waals surface area contributed by atoms with Gasteiger partial charge in [-0.15, -0.1) is 0 Å². The third kappa shape index (κ3) is 4.80. The molecular formula is C27H17Br2N3O4. The molecule has 0 bridgehead atoms. The largest absolute Gasteiger partial charge is 0.461 e. The van der Waals surface area contributed by atoms with Gasteiger partial charge in [0.15, 0.2) is 11.5 Å². The maximum Gasteiger partial charge on any atom is 0.343 e. The molecule has 0 saturated heterocycles. The first-order valence-electron chi connectivity index (χ1n) is 10.8. The van der Waals surface area contributed by atoms with Gasteiger partial charge in [0.1, 0.15) is 0 Å². The molecule has 0 aliphatic carbocycles. The van der Waals surface area contributed by atoms with Crippen LogP contribution in [0.15, 0.2) is 102 Å². The summed E-state index contributed by atoms with van der Waals surface area (Å²) < 4.78 is 13.7. The highest BCUT2D eigenvalue weighted by Crippen LogP contribution is 2.33. The van der Waals surface area contributed by atoms with Crippen LogP contribution in [-0.4, -0.2) is 21.8 Å². The van der Waals surface area contributed by atoms with Gasteiger partial charge in [-0.05, 0) is 71.4 Å². The Bertz CT molecular complexity index is 1670. The summed E-state index contributed by atoms with van der Waals surface area (Å²) in [6.45, 7) is 1.94. The van der Waals surface area contributed by atoms with Crippen molar-refractivity contribution in [3.63, 3.8) is 0 Å². The summed E-state index contributed by atoms with van der Waals surface area (Å²) in [7, 11) is 0. The molecule has 0 aliphatic rings. The summed E-state index contributed by atoms with van der Waals surface area (Å²) in [5.41, 5.74) is 2.07. The van der Waals surface area contributed by atoms with E-state index in [1.165, 1.54) is 17.2 Å². The fourth-order valence-corrected chi connectivity index (χ4v) is 4.88. The van der Waals surface area contributed by atoms with Gasteiger partial charge in [-0.25, -0.2) is 9.78 Å². The highest BCUT2D eigenvalue weighted by atomic mass is 79.9. The minimum Gasteiger partial charge on any atom is -0.461 e. The van der Waals surface area contributed by atoms with Crippen molar-refractivity contribution in [3.05, 3.63) is 115 Å². The smallest absolute Gasteiger partial charge is 0.343 e. The number of aryl methyl sites for hydroxylation is 1. The molecule has 5 rings (SSSR count). The fourth-order valence-electron chi connectivity index (χ4n) is 3.54. The first kappa shape index (κ1) is 23.9. The number of rotatable bonds is 5. The standard InChI is InChI=1S/C27H17Br2N3O4/c1-16-8-10-17(11-9-16)27(34)36-24-18(13-19(28)14-21(24)29)15-30-32-25(23-7-4-12-35-23)31-22-6-3-2-5-20(22)26(32)33/h2-15H,1H3. The zero-order valence-corrected chi connectivity index (χ0v) is 22.0. The van der Waals surface area contributed by atoms with Crippen LogP contribution in [0.5, 0.6) is 5.75 Å². The van der Waals surface area contributed by atoms with Crippen LogP contribution in [-0.2, 0) is 0 Å². The van der Waals surface area contributed by atoms with Crippen molar-refractivity contribution in [2.75, 3.05) is 0 Å². The number of carbonyl (C=O) groups is 1. The lowest BCUT2D eigenvalue weighted by Gasteiger charge is -2.11. The number of hydrogen-bond donors (Lipinski definition) is 0. The van der Waals surface area contributed by atoms with Crippen molar-refractivity contribution < 1.29 is 13.9 Å². The number of hydrogen-bond acceptors (Lipinski definition) is 6. The Labute approximate surface area is 222 Å². The average Bonchev–Trinajstić information content (AvgIpc) is 3.40. The van der Waals surface area contributed by atoms with Gasteiger partial charge in [-0.2, -0.15) is 9.78 Å². The first-order chi connectivity index (χ1) is 17.4. The van der Waals surface area contributed by atoms with Crippen LogP contribution in [0.2, 0.25) is 0 Å². The minimum atomic E-state index is -0.520. The molecule has 5 aromatic rings. The maximum absolute atomic E-state index is 13.3. The van der Waals surface area contributed by atoms with Crippen molar-refractivity contribution in [3.8, 4) is 17.3 Å². The molecule has 3 aromatic carbocycles. The fraction of sp³-hybridized carbons (Fsp3) is 0.0370. The molecule has 0 N–H and O–H groups in total. The van der Waals surface area contributed by atoms with Crippen LogP contribution in [0.25, 0.3) is 22.5 Å². The van der Waals surface area contributed by atoms with E-state index < -0.39 is 5.97 Å². The predicted octanol–water partition coefficient (Wildman–Crippen LogP) is 6.59. The monoisotopic (exact) mass is 605 g/mol. The SMILES string of the molecule is Cc1ccc(C(=O)Oc2c(Br)cc(Br)cc2C=Nn2c(-c3ccco3)nc3ccccc3c2=O)cc1. The van der Waals surface area contributed by atoms with E-state index in [1.807, 2.05) is 25.1 Å². The lowest BCUT2D eigenvalue weighted by atomic mass is 10.1. The number of nitrogens with zero attached hydrogens (tertiary/aromatic N) is 3. The predicted molar refractivity (Wildman–Crippen MR) is 145 cm³/mol. The zero-order chi connectivity index (χ0) is 25.2. The molecule has 0 spiro atoms. The van der Waals surface area contributed by atoms with Crippen molar-refractivity contribution in [2.24, 2.45) is 5.10 Å². The minimum absolute atomic E-state index is 0.243. The van der Waals surface area contributed by atoms with E-state index in [2.05, 4.69) is 41.9 Å². The molecule has 2 heterocycles. The summed E-state index contributed by atoms with van der Waals surface area (Å²) in [5.74, 6) is 0.367. The topological polar surface area (TPSA) is 86.7 Å². The van der Waals surface area contributed by atoms with E-state index in [-0.39, 0.29) is 17.1 Å². The first-order valence-corrected chi connectivity index (χ1v) is 12.4. The van der Waals surface area contributed by atoms with Crippen molar-refractivity contribution in [1.29, 1.82) is 0 Å². The lowest BCUT2D eigenvalue weighted by Crippen LogP contribution is -2.20. The number of para-hydroxylation sites is 1. The Morgan fingerprint density at radius 2 is 1.83 bits per heavy atom. The number of fused-ring (bicyclic) bond motifs is 1. The molecule has 0 atom stereocenters. The number of benzene rings is 3. The van der Waals surface area contributed by atoms with Gasteiger partial charge in [-0.3, -0.25) is 4.79 Å². The molecule has 0 radical (unpaired) electrons.